The van der Waals surface area contributed by atoms with Gasteiger partial charge in [0.2, 0.25) is 5.91 Å². The number of ether oxygens (including phenoxy) is 1. The molecule has 2 aromatic heterocycles. The Morgan fingerprint density at radius 1 is 1.20 bits per heavy atom. The molecule has 2 aromatic carbocycles. The summed E-state index contributed by atoms with van der Waals surface area (Å²) < 4.78 is 7.23. The van der Waals surface area contributed by atoms with E-state index < -0.39 is 0 Å². The van der Waals surface area contributed by atoms with Crippen LogP contribution in [-0.2, 0) is 11.3 Å². The maximum Gasteiger partial charge on any atom is 0.225 e. The van der Waals surface area contributed by atoms with E-state index in [-0.39, 0.29) is 11.8 Å². The first-order chi connectivity index (χ1) is 17.1. The number of rotatable bonds is 7. The van der Waals surface area contributed by atoms with E-state index in [0.29, 0.717) is 13.1 Å². The molecule has 0 bridgehead atoms. The Labute approximate surface area is 209 Å². The number of anilines is 1. The first kappa shape index (κ1) is 23.2. The van der Waals surface area contributed by atoms with Gasteiger partial charge >= 0.3 is 0 Å². The number of thioether (sulfide) groups is 1. The van der Waals surface area contributed by atoms with Crippen LogP contribution in [-0.4, -0.2) is 47.0 Å². The van der Waals surface area contributed by atoms with Crippen molar-refractivity contribution in [2.24, 2.45) is 5.92 Å². The fourth-order valence-electron chi connectivity index (χ4n) is 4.54. The van der Waals surface area contributed by atoms with Gasteiger partial charge in [0.25, 0.3) is 0 Å². The second-order valence-electron chi connectivity index (χ2n) is 8.69. The summed E-state index contributed by atoms with van der Waals surface area (Å²) in [5.74, 6) is 1.68. The minimum Gasteiger partial charge on any atom is -0.497 e. The molecule has 180 valence electrons. The highest BCUT2D eigenvalue weighted by molar-refractivity contribution is 7.98. The molecule has 0 radical (unpaired) electrons. The quantitative estimate of drug-likeness (QED) is 0.382. The summed E-state index contributed by atoms with van der Waals surface area (Å²) in [4.78, 5) is 21.1. The number of carbonyl (C=O) groups is 1. The van der Waals surface area contributed by atoms with Gasteiger partial charge in [0.1, 0.15) is 11.3 Å². The van der Waals surface area contributed by atoms with Crippen molar-refractivity contribution in [1.82, 2.24) is 19.9 Å². The van der Waals surface area contributed by atoms with E-state index in [2.05, 4.69) is 51.8 Å². The van der Waals surface area contributed by atoms with Crippen LogP contribution >= 0.6 is 11.8 Å². The Hall–Kier alpha value is -3.52. The fraction of sp³-hybridized carbons (Fsp3) is 0.296. The number of fused-ring (bicyclic) bond motifs is 1. The Morgan fingerprint density at radius 2 is 2.06 bits per heavy atom. The molecule has 1 aliphatic rings. The molecule has 1 N–H and O–H groups in total. The summed E-state index contributed by atoms with van der Waals surface area (Å²) >= 11 is 1.71. The normalized spacial score (nSPS) is 15.8. The lowest BCUT2D eigenvalue weighted by molar-refractivity contribution is -0.125. The zero-order valence-corrected chi connectivity index (χ0v) is 20.8. The molecule has 0 aliphatic carbocycles. The van der Waals surface area contributed by atoms with Crippen LogP contribution < -0.4 is 15.0 Å². The number of nitrogens with zero attached hydrogens (tertiary/aromatic N) is 4. The van der Waals surface area contributed by atoms with Crippen molar-refractivity contribution in [1.29, 1.82) is 0 Å². The number of methoxy groups -OCH3 is 1. The van der Waals surface area contributed by atoms with Gasteiger partial charge in [0, 0.05) is 42.5 Å². The van der Waals surface area contributed by atoms with E-state index in [0.717, 1.165) is 53.3 Å². The van der Waals surface area contributed by atoms with Gasteiger partial charge in [-0.25, -0.2) is 9.50 Å². The molecule has 1 fully saturated rings. The van der Waals surface area contributed by atoms with E-state index in [1.165, 1.54) is 4.90 Å². The monoisotopic (exact) mass is 487 g/mol. The molecular formula is C27H29N5O2S. The van der Waals surface area contributed by atoms with Crippen molar-refractivity contribution in [3.8, 4) is 17.0 Å². The molecule has 35 heavy (non-hydrogen) atoms. The predicted octanol–water partition coefficient (Wildman–Crippen LogP) is 4.66. The molecule has 7 nitrogen and oxygen atoms in total. The average molecular weight is 488 g/mol. The molecule has 1 amide bonds. The summed E-state index contributed by atoms with van der Waals surface area (Å²) in [6.45, 7) is 2.06. The van der Waals surface area contributed by atoms with Crippen molar-refractivity contribution in [3.05, 3.63) is 72.6 Å². The lowest BCUT2D eigenvalue weighted by Gasteiger charge is -2.33. The molecule has 1 aliphatic heterocycles. The Bertz CT molecular complexity index is 1320. The van der Waals surface area contributed by atoms with Crippen molar-refractivity contribution in [2.75, 3.05) is 31.4 Å². The zero-order chi connectivity index (χ0) is 24.2. The molecule has 1 atom stereocenters. The Kier molecular flexibility index (Phi) is 6.90. The highest BCUT2D eigenvalue weighted by atomic mass is 32.2. The lowest BCUT2D eigenvalue weighted by atomic mass is 9.97. The van der Waals surface area contributed by atoms with Gasteiger partial charge in [-0.3, -0.25) is 4.79 Å². The maximum atomic E-state index is 13.0. The molecule has 5 rings (SSSR count). The van der Waals surface area contributed by atoms with Gasteiger partial charge < -0.3 is 15.0 Å². The van der Waals surface area contributed by atoms with Crippen molar-refractivity contribution >= 4 is 29.0 Å². The van der Waals surface area contributed by atoms with E-state index in [9.17, 15) is 4.79 Å². The first-order valence-electron chi connectivity index (χ1n) is 11.8. The first-order valence-corrected chi connectivity index (χ1v) is 13.0. The summed E-state index contributed by atoms with van der Waals surface area (Å²) in [5.41, 5.74) is 3.89. The molecule has 0 spiro atoms. The van der Waals surface area contributed by atoms with Gasteiger partial charge in [-0.05, 0) is 55.0 Å². The fourth-order valence-corrected chi connectivity index (χ4v) is 4.94. The second kappa shape index (κ2) is 10.4. The molecule has 1 saturated heterocycles. The third-order valence-electron chi connectivity index (χ3n) is 6.45. The van der Waals surface area contributed by atoms with Crippen molar-refractivity contribution < 1.29 is 9.53 Å². The molecule has 0 saturated carbocycles. The van der Waals surface area contributed by atoms with Crippen LogP contribution in [0.4, 0.5) is 5.82 Å². The summed E-state index contributed by atoms with van der Waals surface area (Å²) in [7, 11) is 1.66. The maximum absolute atomic E-state index is 13.0. The average Bonchev–Trinajstić information content (AvgIpc) is 3.37. The Balaban J connectivity index is 1.31. The number of nitrogens with one attached hydrogen (secondary N) is 1. The van der Waals surface area contributed by atoms with Crippen LogP contribution in [0.3, 0.4) is 0 Å². The third kappa shape index (κ3) is 5.12. The van der Waals surface area contributed by atoms with Gasteiger partial charge in [0.05, 0.1) is 18.7 Å². The molecule has 8 heteroatoms. The number of benzene rings is 2. The molecular weight excluding hydrogens is 458 g/mol. The number of aromatic nitrogens is 3. The van der Waals surface area contributed by atoms with Gasteiger partial charge in [0.15, 0.2) is 5.82 Å². The smallest absolute Gasteiger partial charge is 0.225 e. The largest absolute Gasteiger partial charge is 0.497 e. The minimum atomic E-state index is -0.0722. The van der Waals surface area contributed by atoms with Gasteiger partial charge in [-0.15, -0.1) is 11.8 Å². The highest BCUT2D eigenvalue weighted by Gasteiger charge is 2.27. The number of piperidine rings is 1. The Morgan fingerprint density at radius 3 is 2.86 bits per heavy atom. The van der Waals surface area contributed by atoms with Crippen LogP contribution in [0.25, 0.3) is 16.8 Å². The topological polar surface area (TPSA) is 71.8 Å². The van der Waals surface area contributed by atoms with E-state index in [1.54, 1.807) is 25.1 Å². The van der Waals surface area contributed by atoms with Crippen LogP contribution in [0, 0.1) is 5.92 Å². The number of hydrogen-bond donors (Lipinski definition) is 1. The van der Waals surface area contributed by atoms with E-state index >= 15 is 0 Å². The van der Waals surface area contributed by atoms with Crippen LogP contribution in [0.15, 0.2) is 71.9 Å². The van der Waals surface area contributed by atoms with E-state index in [1.807, 2.05) is 35.0 Å². The third-order valence-corrected chi connectivity index (χ3v) is 7.20. The van der Waals surface area contributed by atoms with Gasteiger partial charge in [-0.2, -0.15) is 5.10 Å². The number of carbonyl (C=O) groups excluding carboxylic acids is 1. The van der Waals surface area contributed by atoms with Crippen molar-refractivity contribution in [3.63, 3.8) is 0 Å². The summed E-state index contributed by atoms with van der Waals surface area (Å²) in [5, 5.41) is 7.89. The van der Waals surface area contributed by atoms with Gasteiger partial charge in [-0.1, -0.05) is 24.3 Å². The number of amides is 1. The highest BCUT2D eigenvalue weighted by Crippen LogP contribution is 2.29. The van der Waals surface area contributed by atoms with Crippen LogP contribution in [0.2, 0.25) is 0 Å². The van der Waals surface area contributed by atoms with Crippen LogP contribution in [0.1, 0.15) is 18.4 Å². The summed E-state index contributed by atoms with van der Waals surface area (Å²) in [6.07, 6.45) is 7.52. The molecule has 3 heterocycles. The van der Waals surface area contributed by atoms with Crippen LogP contribution in [0.5, 0.6) is 5.75 Å². The van der Waals surface area contributed by atoms with Crippen molar-refractivity contribution in [2.45, 2.75) is 24.3 Å². The van der Waals surface area contributed by atoms with E-state index in [4.69, 9.17) is 9.84 Å². The second-order valence-corrected chi connectivity index (χ2v) is 9.57. The predicted molar refractivity (Wildman–Crippen MR) is 140 cm³/mol. The molecule has 0 unspecified atom stereocenters. The lowest BCUT2D eigenvalue weighted by Crippen LogP contribution is -2.43. The number of hydrogen-bond acceptors (Lipinski definition) is 6. The molecule has 4 aromatic rings. The summed E-state index contributed by atoms with van der Waals surface area (Å²) in [6, 6.07) is 18.3. The minimum absolute atomic E-state index is 0.0722. The zero-order valence-electron chi connectivity index (χ0n) is 20.0. The SMILES string of the molecule is COc1cccc(-c2cc3c(N4CCC[C@@H](C(=O)NCc5ccc(SC)cc5)C4)nccn3n2)c1. The standard InChI is InChI=1S/C27H29N5O2S/c1-34-22-7-3-5-20(15-22)24-16-25-26(28-12-14-32(25)30-24)31-13-4-6-21(18-31)27(33)29-17-19-8-10-23(35-2)11-9-19/h3,5,7-12,14-16,21H,4,6,13,17-18H2,1-2H3,(H,29,33)/t21-/m1/s1.